The average Bonchev–Trinajstić information content (AvgIpc) is 2.39. The Bertz CT molecular complexity index is 513. The second-order valence-corrected chi connectivity index (χ2v) is 4.54. The number of hydrogen-bond donors (Lipinski definition) is 2. The third kappa shape index (κ3) is 2.02. The number of anilines is 1. The number of hydrogen-bond acceptors (Lipinski definition) is 2. The molecule has 2 N–H and O–H groups in total. The number of halogens is 1. The van der Waals surface area contributed by atoms with Gasteiger partial charge in [-0.15, -0.1) is 0 Å². The smallest absolute Gasteiger partial charge is 0.156 e. The van der Waals surface area contributed by atoms with Crippen molar-refractivity contribution in [3.8, 4) is 0 Å². The molecule has 0 amide bonds. The maximum Gasteiger partial charge on any atom is 0.156 e. The van der Waals surface area contributed by atoms with Crippen LogP contribution in [0.5, 0.6) is 0 Å². The van der Waals surface area contributed by atoms with Crippen LogP contribution in [0.25, 0.3) is 0 Å². The molecule has 1 aliphatic heterocycles. The minimum absolute atomic E-state index is 0.149. The predicted molar refractivity (Wildman–Crippen MR) is 71.1 cm³/mol. The van der Waals surface area contributed by atoms with Crippen LogP contribution in [0.1, 0.15) is 17.2 Å². The number of nitrogens with one attached hydrogen (secondary N) is 2. The van der Waals surface area contributed by atoms with E-state index in [1.54, 1.807) is 0 Å². The Hall–Kier alpha value is -1.51. The number of rotatable bonds is 1. The van der Waals surface area contributed by atoms with Gasteiger partial charge in [0.1, 0.15) is 0 Å². The van der Waals surface area contributed by atoms with Crippen LogP contribution in [0.2, 0.25) is 0 Å². The van der Waals surface area contributed by atoms with Crippen molar-refractivity contribution in [3.05, 3.63) is 65.7 Å². The first kappa shape index (κ1) is 10.6. The van der Waals surface area contributed by atoms with Gasteiger partial charge < -0.3 is 5.32 Å². The summed E-state index contributed by atoms with van der Waals surface area (Å²) in [6, 6.07) is 18.7. The molecule has 2 aromatic rings. The lowest BCUT2D eigenvalue weighted by atomic mass is 9.96. The third-order valence-corrected chi connectivity index (χ3v) is 3.24. The molecule has 2 nitrogen and oxygen atoms in total. The Morgan fingerprint density at radius 2 is 1.59 bits per heavy atom. The third-order valence-electron chi connectivity index (χ3n) is 3.00. The number of benzene rings is 2. The molecule has 86 valence electrons. The molecule has 0 bridgehead atoms. The summed E-state index contributed by atoms with van der Waals surface area (Å²) in [7, 11) is 0. The zero-order chi connectivity index (χ0) is 11.7. The molecule has 3 rings (SSSR count). The average molecular weight is 245 g/mol. The molecule has 2 unspecified atom stereocenters. The topological polar surface area (TPSA) is 24.1 Å². The first-order chi connectivity index (χ1) is 8.34. The van der Waals surface area contributed by atoms with Gasteiger partial charge in [-0.2, -0.15) is 0 Å². The molecule has 2 atom stereocenters. The fourth-order valence-electron chi connectivity index (χ4n) is 2.22. The van der Waals surface area contributed by atoms with Crippen LogP contribution >= 0.6 is 11.6 Å². The van der Waals surface area contributed by atoms with Crippen molar-refractivity contribution in [2.24, 2.45) is 0 Å². The van der Waals surface area contributed by atoms with E-state index in [0.29, 0.717) is 0 Å². The molecular formula is C14H13ClN2. The highest BCUT2D eigenvalue weighted by molar-refractivity contribution is 6.21. The number of alkyl halides is 1. The van der Waals surface area contributed by atoms with E-state index in [-0.39, 0.29) is 11.7 Å². The monoisotopic (exact) mass is 244 g/mol. The number of fused-ring (bicyclic) bond motifs is 1. The van der Waals surface area contributed by atoms with Crippen molar-refractivity contribution in [1.29, 1.82) is 0 Å². The molecule has 0 radical (unpaired) electrons. The highest BCUT2D eigenvalue weighted by Gasteiger charge is 2.24. The van der Waals surface area contributed by atoms with Gasteiger partial charge in [0.15, 0.2) is 5.62 Å². The summed E-state index contributed by atoms with van der Waals surface area (Å²) in [4.78, 5) is 0. The predicted octanol–water partition coefficient (Wildman–Crippen LogP) is 3.31. The van der Waals surface area contributed by atoms with Crippen LogP contribution < -0.4 is 10.6 Å². The minimum Gasteiger partial charge on any atom is -0.357 e. The molecule has 0 saturated carbocycles. The van der Waals surface area contributed by atoms with Crippen molar-refractivity contribution in [1.82, 2.24) is 5.32 Å². The van der Waals surface area contributed by atoms with Crippen molar-refractivity contribution in [2.45, 2.75) is 11.7 Å². The van der Waals surface area contributed by atoms with Gasteiger partial charge in [0.05, 0.1) is 6.04 Å². The van der Waals surface area contributed by atoms with Gasteiger partial charge in [-0.3, -0.25) is 5.32 Å². The fourth-order valence-corrected chi connectivity index (χ4v) is 2.46. The van der Waals surface area contributed by atoms with Crippen molar-refractivity contribution in [3.63, 3.8) is 0 Å². The quantitative estimate of drug-likeness (QED) is 0.594. The van der Waals surface area contributed by atoms with Gasteiger partial charge >= 0.3 is 0 Å². The van der Waals surface area contributed by atoms with Crippen LogP contribution in [0.4, 0.5) is 5.69 Å². The SMILES string of the molecule is ClC1Nc2ccccc2C(c2ccccc2)N1. The highest BCUT2D eigenvalue weighted by atomic mass is 35.5. The summed E-state index contributed by atoms with van der Waals surface area (Å²) >= 11 is 6.17. The minimum atomic E-state index is -0.241. The van der Waals surface area contributed by atoms with Crippen LogP contribution in [0, 0.1) is 0 Å². The van der Waals surface area contributed by atoms with Crippen LogP contribution in [0.15, 0.2) is 54.6 Å². The van der Waals surface area contributed by atoms with Crippen LogP contribution in [-0.4, -0.2) is 5.62 Å². The number of para-hydroxylation sites is 1. The van der Waals surface area contributed by atoms with E-state index in [1.807, 2.05) is 30.3 Å². The zero-order valence-electron chi connectivity index (χ0n) is 9.23. The fraction of sp³-hybridized carbons (Fsp3) is 0.143. The van der Waals surface area contributed by atoms with Crippen LogP contribution in [0.3, 0.4) is 0 Å². The van der Waals surface area contributed by atoms with Gasteiger partial charge in [-0.1, -0.05) is 60.1 Å². The second kappa shape index (κ2) is 4.40. The van der Waals surface area contributed by atoms with Gasteiger partial charge in [0.25, 0.3) is 0 Å². The molecule has 3 heteroatoms. The second-order valence-electron chi connectivity index (χ2n) is 4.10. The summed E-state index contributed by atoms with van der Waals surface area (Å²) in [6.45, 7) is 0. The normalized spacial score (nSPS) is 22.6. The van der Waals surface area contributed by atoms with Gasteiger partial charge in [-0.05, 0) is 17.2 Å². The molecule has 0 aromatic heterocycles. The van der Waals surface area contributed by atoms with Crippen LogP contribution in [-0.2, 0) is 0 Å². The molecule has 0 aliphatic carbocycles. The maximum atomic E-state index is 6.17. The van der Waals surface area contributed by atoms with Gasteiger partial charge in [0, 0.05) is 5.69 Å². The Balaban J connectivity index is 2.07. The lowest BCUT2D eigenvalue weighted by Crippen LogP contribution is -2.39. The van der Waals surface area contributed by atoms with Gasteiger partial charge in [0.2, 0.25) is 0 Å². The van der Waals surface area contributed by atoms with E-state index < -0.39 is 0 Å². The van der Waals surface area contributed by atoms with Crippen molar-refractivity contribution < 1.29 is 0 Å². The Morgan fingerprint density at radius 1 is 0.882 bits per heavy atom. The lowest BCUT2D eigenvalue weighted by molar-refractivity contribution is 0.582. The van der Waals surface area contributed by atoms with E-state index >= 15 is 0 Å². The van der Waals surface area contributed by atoms with E-state index in [1.165, 1.54) is 11.1 Å². The van der Waals surface area contributed by atoms with E-state index in [2.05, 4.69) is 34.9 Å². The molecule has 1 heterocycles. The highest BCUT2D eigenvalue weighted by Crippen LogP contribution is 2.32. The van der Waals surface area contributed by atoms with E-state index in [0.717, 1.165) is 5.69 Å². The largest absolute Gasteiger partial charge is 0.357 e. The van der Waals surface area contributed by atoms with Gasteiger partial charge in [-0.25, -0.2) is 0 Å². The molecule has 0 spiro atoms. The zero-order valence-corrected chi connectivity index (χ0v) is 9.98. The molecule has 0 saturated heterocycles. The summed E-state index contributed by atoms with van der Waals surface area (Å²) in [5, 5.41) is 6.56. The van der Waals surface area contributed by atoms with E-state index in [4.69, 9.17) is 11.6 Å². The first-order valence-corrected chi connectivity index (χ1v) is 6.09. The summed E-state index contributed by atoms with van der Waals surface area (Å²) in [5.74, 6) is 0. The maximum absolute atomic E-state index is 6.17. The molecular weight excluding hydrogens is 232 g/mol. The molecule has 17 heavy (non-hydrogen) atoms. The summed E-state index contributed by atoms with van der Waals surface area (Å²) in [5.41, 5.74) is 3.32. The lowest BCUT2D eigenvalue weighted by Gasteiger charge is -2.31. The summed E-state index contributed by atoms with van der Waals surface area (Å²) < 4.78 is 0. The standard InChI is InChI=1S/C14H13ClN2/c15-14-16-12-9-5-4-8-11(12)13(17-14)10-6-2-1-3-7-10/h1-9,13-14,16-17H. The Morgan fingerprint density at radius 3 is 2.41 bits per heavy atom. The molecule has 0 fully saturated rings. The van der Waals surface area contributed by atoms with Crippen molar-refractivity contribution in [2.75, 3.05) is 5.32 Å². The molecule has 1 aliphatic rings. The molecule has 2 aromatic carbocycles. The summed E-state index contributed by atoms with van der Waals surface area (Å²) in [6.07, 6.45) is 0. The Kier molecular flexibility index (Phi) is 2.75. The van der Waals surface area contributed by atoms with Crippen molar-refractivity contribution >= 4 is 17.3 Å². The Labute approximate surface area is 106 Å². The van der Waals surface area contributed by atoms with E-state index in [9.17, 15) is 0 Å². The first-order valence-electron chi connectivity index (χ1n) is 5.65.